The minimum Gasteiger partial charge on any atom is -0.480 e. The Morgan fingerprint density at radius 3 is 2.30 bits per heavy atom. The zero-order chi connectivity index (χ0) is 23.0. The van der Waals surface area contributed by atoms with Crippen LogP contribution in [0.5, 0.6) is 0 Å². The molecule has 3 aliphatic rings. The molecular formula is C25H26N2O5S. The van der Waals surface area contributed by atoms with Gasteiger partial charge in [0.1, 0.15) is 11.9 Å². The van der Waals surface area contributed by atoms with Crippen molar-refractivity contribution in [3.63, 3.8) is 0 Å². The lowest BCUT2D eigenvalue weighted by Gasteiger charge is -2.33. The fourth-order valence-electron chi connectivity index (χ4n) is 4.83. The number of nitrogens with one attached hydrogen (secondary N) is 1. The third kappa shape index (κ3) is 4.19. The van der Waals surface area contributed by atoms with E-state index in [0.717, 1.165) is 11.1 Å². The number of aliphatic carboxylic acids is 1. The molecule has 2 amide bonds. The molecule has 1 atom stereocenters. The predicted molar refractivity (Wildman–Crippen MR) is 125 cm³/mol. The van der Waals surface area contributed by atoms with E-state index in [-0.39, 0.29) is 31.5 Å². The Kier molecular flexibility index (Phi) is 5.78. The number of hydrogen-bond acceptors (Lipinski definition) is 5. The number of fused-ring (bicyclic) bond motifs is 3. The minimum atomic E-state index is -0.890. The van der Waals surface area contributed by atoms with Crippen LogP contribution in [0.4, 0.5) is 4.79 Å². The van der Waals surface area contributed by atoms with Gasteiger partial charge in [0.15, 0.2) is 0 Å². The molecule has 7 nitrogen and oxygen atoms in total. The Morgan fingerprint density at radius 2 is 1.70 bits per heavy atom. The topological polar surface area (TPSA) is 95.9 Å². The van der Waals surface area contributed by atoms with E-state index in [9.17, 15) is 19.5 Å². The van der Waals surface area contributed by atoms with Gasteiger partial charge in [0, 0.05) is 31.3 Å². The van der Waals surface area contributed by atoms with Crippen LogP contribution in [-0.2, 0) is 14.3 Å². The van der Waals surface area contributed by atoms with Crippen molar-refractivity contribution in [2.24, 2.45) is 5.41 Å². The van der Waals surface area contributed by atoms with Crippen LogP contribution in [0.25, 0.3) is 11.1 Å². The van der Waals surface area contributed by atoms with Crippen LogP contribution in [0.15, 0.2) is 48.5 Å². The average molecular weight is 467 g/mol. The highest BCUT2D eigenvalue weighted by Crippen LogP contribution is 2.47. The van der Waals surface area contributed by atoms with Crippen molar-refractivity contribution in [2.45, 2.75) is 24.0 Å². The number of alkyl carbamates (subject to hydrolysis) is 1. The summed E-state index contributed by atoms with van der Waals surface area (Å²) in [5.74, 6) is -0.357. The third-order valence-electron chi connectivity index (χ3n) is 6.85. The van der Waals surface area contributed by atoms with Crippen molar-refractivity contribution >= 4 is 29.7 Å². The Balaban J connectivity index is 1.17. The van der Waals surface area contributed by atoms with Gasteiger partial charge in [-0.2, -0.15) is 0 Å². The van der Waals surface area contributed by atoms with Crippen LogP contribution in [0.1, 0.15) is 29.9 Å². The van der Waals surface area contributed by atoms with E-state index < -0.39 is 22.7 Å². The predicted octanol–water partition coefficient (Wildman–Crippen LogP) is 3.33. The van der Waals surface area contributed by atoms with Crippen LogP contribution in [0, 0.1) is 5.41 Å². The maximum Gasteiger partial charge on any atom is 0.407 e. The van der Waals surface area contributed by atoms with E-state index in [0.29, 0.717) is 25.1 Å². The van der Waals surface area contributed by atoms with Crippen LogP contribution in [-0.4, -0.2) is 65.2 Å². The molecule has 1 heterocycles. The monoisotopic (exact) mass is 466 g/mol. The smallest absolute Gasteiger partial charge is 0.407 e. The molecule has 1 saturated carbocycles. The molecule has 2 aromatic carbocycles. The molecule has 0 radical (unpaired) electrons. The number of hydrogen-bond donors (Lipinski definition) is 2. The SMILES string of the molecule is O=C(NCC1(C(=O)N2CCSC(C(=O)O)C2)CC1)OCC1c2ccccc2-c2ccccc21. The molecule has 5 rings (SSSR count). The lowest BCUT2D eigenvalue weighted by molar-refractivity contribution is -0.140. The van der Waals surface area contributed by atoms with Crippen LogP contribution < -0.4 is 5.32 Å². The van der Waals surface area contributed by atoms with Crippen molar-refractivity contribution in [2.75, 3.05) is 32.0 Å². The number of amides is 2. The molecule has 2 aliphatic carbocycles. The number of ether oxygens (including phenoxy) is 1. The molecule has 2 fully saturated rings. The van der Waals surface area contributed by atoms with Crippen LogP contribution >= 0.6 is 11.8 Å². The summed E-state index contributed by atoms with van der Waals surface area (Å²) in [6.07, 6.45) is 0.849. The second-order valence-electron chi connectivity index (χ2n) is 8.91. The van der Waals surface area contributed by atoms with Crippen molar-refractivity contribution in [3.05, 3.63) is 59.7 Å². The van der Waals surface area contributed by atoms with E-state index in [1.807, 2.05) is 24.3 Å². The van der Waals surface area contributed by atoms with Gasteiger partial charge in [-0.25, -0.2) is 4.79 Å². The first-order valence-electron chi connectivity index (χ1n) is 11.2. The fourth-order valence-corrected chi connectivity index (χ4v) is 5.86. The van der Waals surface area contributed by atoms with E-state index in [1.54, 1.807) is 4.90 Å². The van der Waals surface area contributed by atoms with E-state index >= 15 is 0 Å². The van der Waals surface area contributed by atoms with Crippen LogP contribution in [0.3, 0.4) is 0 Å². The average Bonchev–Trinajstić information content (AvgIpc) is 3.57. The van der Waals surface area contributed by atoms with Crippen LogP contribution in [0.2, 0.25) is 0 Å². The van der Waals surface area contributed by atoms with E-state index in [2.05, 4.69) is 29.6 Å². The van der Waals surface area contributed by atoms with Crippen molar-refractivity contribution in [1.82, 2.24) is 10.2 Å². The van der Waals surface area contributed by atoms with E-state index in [1.165, 1.54) is 22.9 Å². The molecule has 0 aromatic heterocycles. The largest absolute Gasteiger partial charge is 0.480 e. The first-order chi connectivity index (χ1) is 16.0. The van der Waals surface area contributed by atoms with Gasteiger partial charge < -0.3 is 20.1 Å². The number of rotatable bonds is 6. The number of thioether (sulfide) groups is 1. The highest BCUT2D eigenvalue weighted by atomic mass is 32.2. The van der Waals surface area contributed by atoms with Gasteiger partial charge in [0.2, 0.25) is 5.91 Å². The number of carboxylic acids is 1. The van der Waals surface area contributed by atoms with Crippen molar-refractivity contribution in [1.29, 1.82) is 0 Å². The Bertz CT molecular complexity index is 1050. The number of nitrogens with zero attached hydrogens (tertiary/aromatic N) is 1. The zero-order valence-electron chi connectivity index (χ0n) is 18.2. The molecule has 1 unspecified atom stereocenters. The molecular weight excluding hydrogens is 440 g/mol. The quantitative estimate of drug-likeness (QED) is 0.678. The first kappa shape index (κ1) is 21.8. The molecule has 1 aliphatic heterocycles. The summed E-state index contributed by atoms with van der Waals surface area (Å²) in [4.78, 5) is 38.5. The molecule has 2 N–H and O–H groups in total. The molecule has 2 aromatic rings. The molecule has 33 heavy (non-hydrogen) atoms. The maximum atomic E-state index is 13.0. The number of benzene rings is 2. The van der Waals surface area contributed by atoms with Gasteiger partial charge in [-0.1, -0.05) is 48.5 Å². The van der Waals surface area contributed by atoms with Crippen molar-refractivity contribution in [3.8, 4) is 11.1 Å². The van der Waals surface area contributed by atoms with Gasteiger partial charge in [-0.15, -0.1) is 11.8 Å². The minimum absolute atomic E-state index is 0.0153. The summed E-state index contributed by atoms with van der Waals surface area (Å²) in [7, 11) is 0. The first-order valence-corrected chi connectivity index (χ1v) is 12.3. The summed E-state index contributed by atoms with van der Waals surface area (Å²) in [5, 5.41) is 11.5. The Hall–Kier alpha value is -3.00. The third-order valence-corrected chi connectivity index (χ3v) is 8.02. The summed E-state index contributed by atoms with van der Waals surface area (Å²) in [5.41, 5.74) is 4.01. The zero-order valence-corrected chi connectivity index (χ0v) is 19.0. The number of carbonyl (C=O) groups is 3. The molecule has 172 valence electrons. The Morgan fingerprint density at radius 1 is 1.06 bits per heavy atom. The highest BCUT2D eigenvalue weighted by molar-refractivity contribution is 8.00. The maximum absolute atomic E-state index is 13.0. The second-order valence-corrected chi connectivity index (χ2v) is 10.2. The normalized spacial score (nSPS) is 20.5. The molecule has 0 bridgehead atoms. The van der Waals surface area contributed by atoms with Gasteiger partial charge in [-0.05, 0) is 35.1 Å². The van der Waals surface area contributed by atoms with Gasteiger partial charge in [-0.3, -0.25) is 9.59 Å². The van der Waals surface area contributed by atoms with Crippen molar-refractivity contribution < 1.29 is 24.2 Å². The van der Waals surface area contributed by atoms with Gasteiger partial charge in [0.25, 0.3) is 0 Å². The summed E-state index contributed by atoms with van der Waals surface area (Å²) in [6, 6.07) is 16.3. The van der Waals surface area contributed by atoms with Gasteiger partial charge >= 0.3 is 12.1 Å². The highest BCUT2D eigenvalue weighted by Gasteiger charge is 2.52. The molecule has 1 saturated heterocycles. The Labute approximate surface area is 196 Å². The molecule has 8 heteroatoms. The summed E-state index contributed by atoms with van der Waals surface area (Å²) in [6.45, 7) is 1.19. The van der Waals surface area contributed by atoms with Gasteiger partial charge in [0.05, 0.1) is 5.41 Å². The summed E-state index contributed by atoms with van der Waals surface area (Å²) < 4.78 is 5.58. The summed E-state index contributed by atoms with van der Waals surface area (Å²) >= 11 is 1.37. The lowest BCUT2D eigenvalue weighted by Crippen LogP contribution is -2.49. The number of carbonyl (C=O) groups excluding carboxylic acids is 2. The van der Waals surface area contributed by atoms with E-state index in [4.69, 9.17) is 4.74 Å². The lowest BCUT2D eigenvalue weighted by atomic mass is 9.98. The fraction of sp³-hybridized carbons (Fsp3) is 0.400. The number of carboxylic acid groups (broad SMARTS) is 1. The second kappa shape index (κ2) is 8.74. The standard InChI is InChI=1S/C25H26N2O5S/c28-22(29)21-13-27(11-12-33-21)23(30)25(9-10-25)15-26-24(31)32-14-20-18-7-3-1-5-16(18)17-6-2-4-8-19(17)20/h1-8,20-21H,9-15H2,(H,26,31)(H,28,29). The molecule has 0 spiro atoms.